The maximum atomic E-state index is 12.8. The molecule has 0 spiro atoms. The summed E-state index contributed by atoms with van der Waals surface area (Å²) in [4.78, 5) is 17.3. The fourth-order valence-corrected chi connectivity index (χ4v) is 3.55. The third kappa shape index (κ3) is 2.92. The standard InChI is InChI=1S/C18H24N2O4/c1-22-14-10-13-15(17(24-3)16(14)23-2)19-11-20(18(13)21)9-8-12-6-4-5-7-12/h10-12H,4-9H2,1-3H3. The second kappa shape index (κ2) is 7.11. The number of methoxy groups -OCH3 is 3. The largest absolute Gasteiger partial charge is 0.493 e. The first-order valence-electron chi connectivity index (χ1n) is 8.37. The van der Waals surface area contributed by atoms with Gasteiger partial charge in [-0.25, -0.2) is 4.98 Å². The molecule has 1 fully saturated rings. The molecule has 0 saturated heterocycles. The van der Waals surface area contributed by atoms with Crippen LogP contribution in [0.2, 0.25) is 0 Å². The third-order valence-electron chi connectivity index (χ3n) is 4.87. The first-order chi connectivity index (χ1) is 11.7. The van der Waals surface area contributed by atoms with Gasteiger partial charge in [0.15, 0.2) is 11.5 Å². The fourth-order valence-electron chi connectivity index (χ4n) is 3.55. The molecule has 6 heteroatoms. The number of aryl methyl sites for hydroxylation is 1. The molecule has 3 rings (SSSR count). The third-order valence-corrected chi connectivity index (χ3v) is 4.87. The number of hydrogen-bond donors (Lipinski definition) is 0. The van der Waals surface area contributed by atoms with Gasteiger partial charge >= 0.3 is 0 Å². The highest BCUT2D eigenvalue weighted by atomic mass is 16.5. The van der Waals surface area contributed by atoms with E-state index in [0.717, 1.165) is 12.3 Å². The normalized spacial score (nSPS) is 15.0. The van der Waals surface area contributed by atoms with Crippen LogP contribution in [0.25, 0.3) is 10.9 Å². The minimum absolute atomic E-state index is 0.0720. The van der Waals surface area contributed by atoms with Crippen LogP contribution in [0.4, 0.5) is 0 Å². The lowest BCUT2D eigenvalue weighted by Crippen LogP contribution is -2.22. The number of nitrogens with zero attached hydrogens (tertiary/aromatic N) is 2. The summed E-state index contributed by atoms with van der Waals surface area (Å²) in [5.74, 6) is 2.07. The lowest BCUT2D eigenvalue weighted by atomic mass is 10.0. The van der Waals surface area contributed by atoms with E-state index in [2.05, 4.69) is 4.98 Å². The summed E-state index contributed by atoms with van der Waals surface area (Å²) in [7, 11) is 4.61. The molecule has 1 aliphatic carbocycles. The van der Waals surface area contributed by atoms with Gasteiger partial charge in [-0.3, -0.25) is 9.36 Å². The van der Waals surface area contributed by atoms with Crippen molar-refractivity contribution in [2.24, 2.45) is 5.92 Å². The number of rotatable bonds is 6. The van der Waals surface area contributed by atoms with Crippen LogP contribution in [-0.4, -0.2) is 30.9 Å². The number of fused-ring (bicyclic) bond motifs is 1. The summed E-state index contributed by atoms with van der Waals surface area (Å²) in [5.41, 5.74) is 0.425. The summed E-state index contributed by atoms with van der Waals surface area (Å²) in [6.07, 6.45) is 7.79. The van der Waals surface area contributed by atoms with Gasteiger partial charge in [0, 0.05) is 6.54 Å². The van der Waals surface area contributed by atoms with E-state index in [1.54, 1.807) is 17.0 Å². The molecule has 0 amide bonds. The van der Waals surface area contributed by atoms with Crippen LogP contribution in [0.15, 0.2) is 17.2 Å². The molecule has 0 aliphatic heterocycles. The highest BCUT2D eigenvalue weighted by molar-refractivity contribution is 5.89. The van der Waals surface area contributed by atoms with Gasteiger partial charge in [0.05, 0.1) is 33.0 Å². The van der Waals surface area contributed by atoms with Gasteiger partial charge < -0.3 is 14.2 Å². The van der Waals surface area contributed by atoms with Gasteiger partial charge in [0.25, 0.3) is 5.56 Å². The van der Waals surface area contributed by atoms with E-state index in [1.165, 1.54) is 47.0 Å². The Labute approximate surface area is 141 Å². The maximum absolute atomic E-state index is 12.8. The first kappa shape index (κ1) is 16.6. The molecule has 130 valence electrons. The van der Waals surface area contributed by atoms with Crippen LogP contribution >= 0.6 is 0 Å². The van der Waals surface area contributed by atoms with Gasteiger partial charge in [0.2, 0.25) is 5.75 Å². The summed E-state index contributed by atoms with van der Waals surface area (Å²) >= 11 is 0. The predicted molar refractivity (Wildman–Crippen MR) is 92.2 cm³/mol. The van der Waals surface area contributed by atoms with Crippen LogP contribution < -0.4 is 19.8 Å². The van der Waals surface area contributed by atoms with Crippen molar-refractivity contribution in [3.63, 3.8) is 0 Å². The highest BCUT2D eigenvalue weighted by Crippen LogP contribution is 2.41. The molecule has 0 unspecified atom stereocenters. The van der Waals surface area contributed by atoms with E-state index in [-0.39, 0.29) is 5.56 Å². The molecular formula is C18H24N2O4. The Hall–Kier alpha value is -2.24. The summed E-state index contributed by atoms with van der Waals surface area (Å²) in [5, 5.41) is 0.485. The SMILES string of the molecule is COc1cc2c(=O)n(CCC3CCCC3)cnc2c(OC)c1OC. The van der Waals surface area contributed by atoms with E-state index in [1.807, 2.05) is 0 Å². The summed E-state index contributed by atoms with van der Waals surface area (Å²) in [6, 6.07) is 1.68. The topological polar surface area (TPSA) is 62.6 Å². The van der Waals surface area contributed by atoms with Crippen molar-refractivity contribution in [1.82, 2.24) is 9.55 Å². The van der Waals surface area contributed by atoms with Crippen molar-refractivity contribution >= 4 is 10.9 Å². The predicted octanol–water partition coefficient (Wildman–Crippen LogP) is 3.00. The lowest BCUT2D eigenvalue weighted by Gasteiger charge is -2.15. The van der Waals surface area contributed by atoms with Crippen LogP contribution in [0.1, 0.15) is 32.1 Å². The van der Waals surface area contributed by atoms with Gasteiger partial charge in [-0.2, -0.15) is 0 Å². The van der Waals surface area contributed by atoms with Crippen molar-refractivity contribution < 1.29 is 14.2 Å². The molecule has 1 saturated carbocycles. The molecule has 2 aromatic rings. The Kier molecular flexibility index (Phi) is 4.92. The van der Waals surface area contributed by atoms with E-state index >= 15 is 0 Å². The average molecular weight is 332 g/mol. The zero-order valence-electron chi connectivity index (χ0n) is 14.5. The molecule has 0 atom stereocenters. The first-order valence-corrected chi connectivity index (χ1v) is 8.37. The number of hydrogen-bond acceptors (Lipinski definition) is 5. The monoisotopic (exact) mass is 332 g/mol. The summed E-state index contributed by atoms with van der Waals surface area (Å²) < 4.78 is 17.8. The quantitative estimate of drug-likeness (QED) is 0.814. The Morgan fingerprint density at radius 1 is 1.12 bits per heavy atom. The van der Waals surface area contributed by atoms with Gasteiger partial charge in [-0.1, -0.05) is 25.7 Å². The smallest absolute Gasteiger partial charge is 0.261 e. The number of ether oxygens (including phenoxy) is 3. The molecule has 0 bridgehead atoms. The fraction of sp³-hybridized carbons (Fsp3) is 0.556. The Morgan fingerprint density at radius 2 is 1.83 bits per heavy atom. The Bertz CT molecular complexity index is 779. The van der Waals surface area contributed by atoms with E-state index in [4.69, 9.17) is 14.2 Å². The Balaban J connectivity index is 2.02. The molecule has 6 nitrogen and oxygen atoms in total. The van der Waals surface area contributed by atoms with Crippen LogP contribution in [0, 0.1) is 5.92 Å². The minimum atomic E-state index is -0.0720. The molecule has 0 N–H and O–H groups in total. The Morgan fingerprint density at radius 3 is 2.46 bits per heavy atom. The molecule has 1 aliphatic rings. The van der Waals surface area contributed by atoms with Crippen LogP contribution in [-0.2, 0) is 6.54 Å². The maximum Gasteiger partial charge on any atom is 0.261 e. The molecular weight excluding hydrogens is 308 g/mol. The van der Waals surface area contributed by atoms with Crippen molar-refractivity contribution in [3.05, 3.63) is 22.7 Å². The van der Waals surface area contributed by atoms with Crippen molar-refractivity contribution in [1.29, 1.82) is 0 Å². The molecule has 1 aromatic heterocycles. The number of benzene rings is 1. The molecule has 24 heavy (non-hydrogen) atoms. The second-order valence-electron chi connectivity index (χ2n) is 6.22. The van der Waals surface area contributed by atoms with Crippen LogP contribution in [0.5, 0.6) is 17.2 Å². The summed E-state index contributed by atoms with van der Waals surface area (Å²) in [6.45, 7) is 0.698. The zero-order chi connectivity index (χ0) is 17.1. The van der Waals surface area contributed by atoms with Crippen LogP contribution in [0.3, 0.4) is 0 Å². The molecule has 1 heterocycles. The lowest BCUT2D eigenvalue weighted by molar-refractivity contribution is 0.326. The van der Waals surface area contributed by atoms with E-state index < -0.39 is 0 Å². The zero-order valence-corrected chi connectivity index (χ0v) is 14.5. The van der Waals surface area contributed by atoms with E-state index in [9.17, 15) is 4.79 Å². The van der Waals surface area contributed by atoms with Crippen molar-refractivity contribution in [3.8, 4) is 17.2 Å². The van der Waals surface area contributed by atoms with Crippen molar-refractivity contribution in [2.45, 2.75) is 38.6 Å². The van der Waals surface area contributed by atoms with Gasteiger partial charge in [-0.15, -0.1) is 0 Å². The van der Waals surface area contributed by atoms with Gasteiger partial charge in [-0.05, 0) is 18.4 Å². The minimum Gasteiger partial charge on any atom is -0.493 e. The molecule has 1 aromatic carbocycles. The number of aromatic nitrogens is 2. The van der Waals surface area contributed by atoms with Gasteiger partial charge in [0.1, 0.15) is 5.52 Å². The molecule has 0 radical (unpaired) electrons. The van der Waals surface area contributed by atoms with E-state index in [0.29, 0.717) is 34.7 Å². The second-order valence-corrected chi connectivity index (χ2v) is 6.22. The average Bonchev–Trinajstić information content (AvgIpc) is 3.13. The highest BCUT2D eigenvalue weighted by Gasteiger charge is 2.20. The van der Waals surface area contributed by atoms with Crippen molar-refractivity contribution in [2.75, 3.05) is 21.3 Å².